The minimum atomic E-state index is -4.50. The van der Waals surface area contributed by atoms with Crippen LogP contribution in [0.5, 0.6) is 5.75 Å². The third kappa shape index (κ3) is 29.7. The largest absolute Gasteiger partial charge is 0.495 e. The lowest BCUT2D eigenvalue weighted by Crippen LogP contribution is -2.49. The quantitative estimate of drug-likeness (QED) is 0.0215. The van der Waals surface area contributed by atoms with Crippen LogP contribution in [0, 0.1) is 21.2 Å². The minimum absolute atomic E-state index is 0. The second-order valence-corrected chi connectivity index (χ2v) is 31.2. The van der Waals surface area contributed by atoms with Crippen LogP contribution in [0.3, 0.4) is 0 Å². The number of nitrogens with zero attached hydrogens (tertiary/aromatic N) is 6. The summed E-state index contributed by atoms with van der Waals surface area (Å²) in [6.45, 7) is 20.3. The maximum atomic E-state index is 13.3. The summed E-state index contributed by atoms with van der Waals surface area (Å²) in [5.41, 5.74) is 5.53. The van der Waals surface area contributed by atoms with Crippen LogP contribution in [0.25, 0.3) is 0 Å². The first-order valence-electron chi connectivity index (χ1n) is 39.1. The van der Waals surface area contributed by atoms with E-state index in [0.29, 0.717) is 34.7 Å². The number of halogens is 6. The van der Waals surface area contributed by atoms with Gasteiger partial charge in [0.15, 0.2) is 0 Å². The van der Waals surface area contributed by atoms with Gasteiger partial charge in [0, 0.05) is 97.2 Å². The molecule has 0 bridgehead atoms. The number of anilines is 4. The zero-order valence-corrected chi connectivity index (χ0v) is 68.0. The fourth-order valence-corrected chi connectivity index (χ4v) is 15.8. The van der Waals surface area contributed by atoms with Crippen LogP contribution in [0.2, 0.25) is 5.02 Å². The van der Waals surface area contributed by atoms with Crippen molar-refractivity contribution in [2.24, 2.45) is 11.8 Å². The number of likely N-dealkylation sites (tertiary alicyclic amines) is 4. The molecular weight excluding hydrogens is 1590 g/mol. The Labute approximate surface area is 691 Å². The number of hydrogen-bond donors (Lipinski definition) is 6. The molecule has 6 N–H and O–H groups in total. The smallest absolute Gasteiger partial charge is 0.416 e. The predicted molar refractivity (Wildman–Crippen MR) is 460 cm³/mol. The standard InChI is InChI=1S/C25H40N4O2.C21H25ClFN3O.C21H22F3N3O3.C20H23IN2O.2CH4/c1-20(2)28-18-12-22(13-19-28)29(15-7-14-27-16-10-21(3)11-17-27)25(30)26-23-8-5-6-9-24(23)31-4;1-2-25-13-11-18(12-14-25)26(15-16-7-9-17(23)10-8-16)21(27)24-20-6-4-3-5-19(20)22;1-30-19(28)18-11-16(26-20(29)25-15-8-3-2-4-9-15)13-27(18)12-14-7-5-6-10-17(14)21(22,23)24;21-17-7-4-8-19(14-17)23-20(24)22-18-11-9-16(10-12-18)13-15-5-2-1-3-6-15;;/h5-6,8-9,21-22H,1,7,10-19H2,2-4H3,(H,26,30);3-10,18H,2,11-15H2,1H3,(H,24,27);2-10,16,18H,11-13H2,1H3,(H2,25,26,29);1-8,14,16,18H,9-13H2,(H2,22,23,24);2*1H4/t;;16-,18+;;;/m..1.../s1. The summed E-state index contributed by atoms with van der Waals surface area (Å²) in [5, 5.41) is 18.1. The highest BCUT2D eigenvalue weighted by Crippen LogP contribution is 2.35. The Bertz CT molecular complexity index is 4090. The van der Waals surface area contributed by atoms with Gasteiger partial charge in [0.05, 0.1) is 36.2 Å². The van der Waals surface area contributed by atoms with Crippen molar-refractivity contribution in [3.05, 3.63) is 231 Å². The van der Waals surface area contributed by atoms with E-state index in [2.05, 4.69) is 132 Å². The van der Waals surface area contributed by atoms with Gasteiger partial charge >= 0.3 is 36.3 Å². The molecule has 25 heteroatoms. The van der Waals surface area contributed by atoms with E-state index in [1.807, 2.05) is 71.6 Å². The molecular formula is C89H118ClF4IN12O7. The molecule has 4 saturated heterocycles. The third-order valence-corrected chi connectivity index (χ3v) is 22.5. The van der Waals surface area contributed by atoms with Gasteiger partial charge in [0.25, 0.3) is 0 Å². The molecule has 1 aliphatic carbocycles. The van der Waals surface area contributed by atoms with Crippen molar-refractivity contribution in [3.63, 3.8) is 0 Å². The number of methoxy groups -OCH3 is 2. The van der Waals surface area contributed by atoms with Gasteiger partial charge in [-0.15, -0.1) is 0 Å². The first-order chi connectivity index (χ1) is 54.0. The molecule has 12 rings (SSSR count). The van der Waals surface area contributed by atoms with Crippen molar-refractivity contribution in [1.82, 2.24) is 40.0 Å². The van der Waals surface area contributed by atoms with Crippen LogP contribution in [-0.4, -0.2) is 169 Å². The van der Waals surface area contributed by atoms with Crippen LogP contribution >= 0.6 is 34.2 Å². The molecule has 2 atom stereocenters. The lowest BCUT2D eigenvalue weighted by atomic mass is 9.82. The molecule has 618 valence electrons. The molecule has 8 amide bonds. The number of benzene rings is 7. The first kappa shape index (κ1) is 92.2. The number of carbonyl (C=O) groups is 5. The number of carbonyl (C=O) groups excluding carboxylic acids is 5. The summed E-state index contributed by atoms with van der Waals surface area (Å²) >= 11 is 8.44. The fourth-order valence-electron chi connectivity index (χ4n) is 15.1. The molecule has 0 spiro atoms. The van der Waals surface area contributed by atoms with Gasteiger partial charge in [-0.05, 0) is 240 Å². The second kappa shape index (κ2) is 47.2. The van der Waals surface area contributed by atoms with Gasteiger partial charge in [0.1, 0.15) is 17.6 Å². The Kier molecular flexibility index (Phi) is 38.2. The normalized spacial score (nSPS) is 18.1. The van der Waals surface area contributed by atoms with Crippen molar-refractivity contribution >= 4 is 87.0 Å². The molecule has 4 heterocycles. The fraction of sp³-hybridized carbons (Fsp3) is 0.449. The van der Waals surface area contributed by atoms with Gasteiger partial charge in [0.2, 0.25) is 0 Å². The van der Waals surface area contributed by atoms with Crippen LogP contribution < -0.4 is 36.6 Å². The average molecular weight is 1710 g/mol. The zero-order valence-electron chi connectivity index (χ0n) is 65.1. The number of urea groups is 4. The molecule has 1 saturated carbocycles. The van der Waals surface area contributed by atoms with Crippen molar-refractivity contribution < 1.29 is 51.0 Å². The van der Waals surface area contributed by atoms with E-state index in [1.54, 1.807) is 60.5 Å². The number of ether oxygens (including phenoxy) is 2. The number of rotatable bonds is 22. The van der Waals surface area contributed by atoms with Crippen LogP contribution in [0.1, 0.15) is 135 Å². The molecule has 4 aliphatic heterocycles. The number of para-hydroxylation sites is 4. The SMILES string of the molecule is C.C.C=C(C)N1CCC(N(CCCN2CCC(C)CC2)C(=O)Nc2ccccc2OC)CC1.CCN1CCC(N(Cc2ccc(F)cc2)C(=O)Nc2ccccc2Cl)CC1.COC(=O)[C@@H]1C[C@@H](NC(=O)Nc2ccccc2)CN1Cc1ccccc1C(F)(F)F.O=C(Nc1cccc(I)c1)NC1CCC(Cc2ccccc2)CC1. The number of allylic oxidation sites excluding steroid dienone is 1. The molecule has 7 aromatic rings. The average Bonchev–Trinajstić information content (AvgIpc) is 1.63. The molecule has 5 fully saturated rings. The summed E-state index contributed by atoms with van der Waals surface area (Å²) in [5.74, 6) is 1.45. The van der Waals surface area contributed by atoms with Gasteiger partial charge in [-0.3, -0.25) is 9.69 Å². The van der Waals surface area contributed by atoms with Gasteiger partial charge in [-0.25, -0.2) is 23.6 Å². The Hall–Kier alpha value is -8.95. The van der Waals surface area contributed by atoms with Crippen molar-refractivity contribution in [2.45, 2.75) is 169 Å². The third-order valence-electron chi connectivity index (χ3n) is 21.5. The van der Waals surface area contributed by atoms with Crippen LogP contribution in [0.4, 0.5) is 59.5 Å². The molecule has 19 nitrogen and oxygen atoms in total. The monoisotopic (exact) mass is 1700 g/mol. The molecule has 114 heavy (non-hydrogen) atoms. The molecule has 0 radical (unpaired) electrons. The van der Waals surface area contributed by atoms with E-state index in [1.165, 1.54) is 81.8 Å². The summed E-state index contributed by atoms with van der Waals surface area (Å²) in [4.78, 5) is 75.8. The summed E-state index contributed by atoms with van der Waals surface area (Å²) in [6.07, 6.45) is 8.79. The highest BCUT2D eigenvalue weighted by Gasteiger charge is 2.41. The predicted octanol–water partition coefficient (Wildman–Crippen LogP) is 19.8. The van der Waals surface area contributed by atoms with Crippen molar-refractivity contribution in [3.8, 4) is 5.75 Å². The molecule has 7 aromatic carbocycles. The zero-order chi connectivity index (χ0) is 79.9. The summed E-state index contributed by atoms with van der Waals surface area (Å²) in [6, 6.07) is 52.5. The van der Waals surface area contributed by atoms with E-state index in [-0.39, 0.29) is 75.9 Å². The van der Waals surface area contributed by atoms with Crippen molar-refractivity contribution in [2.75, 3.05) is 101 Å². The number of amides is 8. The molecule has 0 aromatic heterocycles. The van der Waals surface area contributed by atoms with Gasteiger partial charge < -0.3 is 65.9 Å². The first-order valence-corrected chi connectivity index (χ1v) is 40.6. The summed E-state index contributed by atoms with van der Waals surface area (Å²) in [7, 11) is 2.86. The topological polar surface area (TPSA) is 195 Å². The molecule has 5 aliphatic rings. The van der Waals surface area contributed by atoms with E-state index < -0.39 is 35.8 Å². The van der Waals surface area contributed by atoms with Gasteiger partial charge in [-0.1, -0.05) is 156 Å². The van der Waals surface area contributed by atoms with E-state index in [9.17, 15) is 41.5 Å². The Balaban J connectivity index is 0.000000210. The lowest BCUT2D eigenvalue weighted by Gasteiger charge is -2.40. The molecule has 0 unspecified atom stereocenters. The Morgan fingerprint density at radius 2 is 1.16 bits per heavy atom. The number of hydrogen-bond acceptors (Lipinski definition) is 11. The van der Waals surface area contributed by atoms with E-state index in [4.69, 9.17) is 21.1 Å². The highest BCUT2D eigenvalue weighted by atomic mass is 127. The van der Waals surface area contributed by atoms with Crippen molar-refractivity contribution in [1.29, 1.82) is 0 Å². The maximum absolute atomic E-state index is 13.3. The van der Waals surface area contributed by atoms with E-state index >= 15 is 0 Å². The number of alkyl halides is 3. The number of piperidine rings is 3. The minimum Gasteiger partial charge on any atom is -0.495 e. The lowest BCUT2D eigenvalue weighted by molar-refractivity contribution is -0.146. The second-order valence-electron chi connectivity index (χ2n) is 29.5. The highest BCUT2D eigenvalue weighted by molar-refractivity contribution is 14.1. The van der Waals surface area contributed by atoms with Crippen LogP contribution in [0.15, 0.2) is 194 Å². The Morgan fingerprint density at radius 3 is 1.78 bits per heavy atom. The number of nitrogens with one attached hydrogen (secondary N) is 6. The number of esters is 1. The Morgan fingerprint density at radius 1 is 0.605 bits per heavy atom. The van der Waals surface area contributed by atoms with E-state index in [0.717, 1.165) is 141 Å². The maximum Gasteiger partial charge on any atom is 0.416 e. The summed E-state index contributed by atoms with van der Waals surface area (Å²) < 4.78 is 64.6. The van der Waals surface area contributed by atoms with Crippen LogP contribution in [-0.2, 0) is 35.2 Å². The van der Waals surface area contributed by atoms with Gasteiger partial charge in [-0.2, -0.15) is 13.2 Å².